The minimum absolute atomic E-state index is 0.0701. The Bertz CT molecular complexity index is 1440. The number of nitrogens with one attached hydrogen (secondary N) is 2. The van der Waals surface area contributed by atoms with Crippen molar-refractivity contribution in [1.82, 2.24) is 19.9 Å². The Kier molecular flexibility index (Phi) is 7.34. The van der Waals surface area contributed by atoms with Crippen molar-refractivity contribution in [2.75, 3.05) is 31.0 Å². The first-order valence-electron chi connectivity index (χ1n) is 12.1. The number of ether oxygens (including phenoxy) is 2. The Morgan fingerprint density at radius 3 is 2.66 bits per heavy atom. The van der Waals surface area contributed by atoms with Gasteiger partial charge in [0.15, 0.2) is 5.11 Å². The molecule has 9 nitrogen and oxygen atoms in total. The van der Waals surface area contributed by atoms with Gasteiger partial charge >= 0.3 is 0 Å². The fourth-order valence-corrected chi connectivity index (χ4v) is 5.17. The van der Waals surface area contributed by atoms with Crippen molar-refractivity contribution in [3.8, 4) is 11.4 Å². The molecule has 0 unspecified atom stereocenters. The summed E-state index contributed by atoms with van der Waals surface area (Å²) in [6, 6.07) is 19.1. The quantitative estimate of drug-likeness (QED) is 0.326. The van der Waals surface area contributed by atoms with Gasteiger partial charge in [-0.25, -0.2) is 0 Å². The summed E-state index contributed by atoms with van der Waals surface area (Å²) in [5.41, 5.74) is 5.20. The number of anilines is 2. The Labute approximate surface area is 226 Å². The molecule has 4 heterocycles. The van der Waals surface area contributed by atoms with E-state index in [-0.39, 0.29) is 24.6 Å². The number of methoxy groups -OCH3 is 2. The minimum atomic E-state index is -0.283. The number of nitrogens with zero attached hydrogens (tertiary/aromatic N) is 4. The van der Waals surface area contributed by atoms with E-state index in [1.807, 2.05) is 54.7 Å². The minimum Gasteiger partial charge on any atom is -0.495 e. The summed E-state index contributed by atoms with van der Waals surface area (Å²) < 4.78 is 12.7. The first-order valence-corrected chi connectivity index (χ1v) is 12.5. The van der Waals surface area contributed by atoms with Crippen LogP contribution in [0, 0.1) is 6.92 Å². The number of amides is 1. The predicted molar refractivity (Wildman–Crippen MR) is 150 cm³/mol. The molecular formula is C28H28N6O3S. The molecule has 0 radical (unpaired) electrons. The van der Waals surface area contributed by atoms with Gasteiger partial charge < -0.3 is 29.6 Å². The van der Waals surface area contributed by atoms with Gasteiger partial charge in [0.25, 0.3) is 0 Å². The molecule has 3 aromatic heterocycles. The summed E-state index contributed by atoms with van der Waals surface area (Å²) in [6.45, 7) is 1.99. The summed E-state index contributed by atoms with van der Waals surface area (Å²) in [4.78, 5) is 23.4. The van der Waals surface area contributed by atoms with E-state index in [1.54, 1.807) is 19.5 Å². The van der Waals surface area contributed by atoms with Gasteiger partial charge in [0.05, 0.1) is 36.4 Å². The number of carbonyl (C=O) groups is 1. The Hall–Kier alpha value is -4.28. The first kappa shape index (κ1) is 25.4. The van der Waals surface area contributed by atoms with Crippen LogP contribution in [0.25, 0.3) is 5.69 Å². The van der Waals surface area contributed by atoms with E-state index in [1.165, 1.54) is 7.11 Å². The zero-order valence-corrected chi connectivity index (χ0v) is 22.1. The van der Waals surface area contributed by atoms with Crippen molar-refractivity contribution in [2.45, 2.75) is 19.0 Å². The van der Waals surface area contributed by atoms with Crippen LogP contribution in [-0.2, 0) is 9.53 Å². The molecule has 0 spiro atoms. The third kappa shape index (κ3) is 4.83. The zero-order chi connectivity index (χ0) is 26.6. The third-order valence-electron chi connectivity index (χ3n) is 6.42. The SMILES string of the molecule is COCC(=O)Nc1cc(N2C(=S)N[C@@H](c3ccccn3)[C@@H]2c2ccc(C)n2-c2cccnc2)ccc1OC. The van der Waals surface area contributed by atoms with Crippen molar-refractivity contribution in [3.63, 3.8) is 0 Å². The van der Waals surface area contributed by atoms with Crippen LogP contribution in [0.15, 0.2) is 79.3 Å². The van der Waals surface area contributed by atoms with Crippen molar-refractivity contribution < 1.29 is 14.3 Å². The fourth-order valence-electron chi connectivity index (χ4n) is 4.82. The molecule has 38 heavy (non-hydrogen) atoms. The van der Waals surface area contributed by atoms with Crippen LogP contribution in [0.4, 0.5) is 11.4 Å². The molecule has 1 aromatic carbocycles. The van der Waals surface area contributed by atoms with Crippen molar-refractivity contribution in [3.05, 3.63) is 96.3 Å². The van der Waals surface area contributed by atoms with Crippen LogP contribution in [0.3, 0.4) is 0 Å². The molecule has 2 N–H and O–H groups in total. The molecule has 10 heteroatoms. The molecule has 1 aliphatic rings. The van der Waals surface area contributed by atoms with E-state index >= 15 is 0 Å². The maximum absolute atomic E-state index is 12.3. The molecule has 5 rings (SSSR count). The summed E-state index contributed by atoms with van der Waals surface area (Å²) >= 11 is 5.90. The molecule has 0 aliphatic carbocycles. The number of benzene rings is 1. The van der Waals surface area contributed by atoms with Crippen LogP contribution in [-0.4, -0.2) is 46.4 Å². The lowest BCUT2D eigenvalue weighted by Gasteiger charge is -2.30. The molecule has 194 valence electrons. The van der Waals surface area contributed by atoms with E-state index in [0.29, 0.717) is 16.5 Å². The first-order chi connectivity index (χ1) is 18.5. The van der Waals surface area contributed by atoms with Crippen LogP contribution in [0.5, 0.6) is 5.75 Å². The van der Waals surface area contributed by atoms with E-state index < -0.39 is 0 Å². The van der Waals surface area contributed by atoms with Gasteiger partial charge in [-0.3, -0.25) is 14.8 Å². The van der Waals surface area contributed by atoms with Gasteiger partial charge in [-0.2, -0.15) is 0 Å². The predicted octanol–water partition coefficient (Wildman–Crippen LogP) is 4.35. The normalized spacial score (nSPS) is 16.8. The fraction of sp³-hybridized carbons (Fsp3) is 0.214. The maximum Gasteiger partial charge on any atom is 0.250 e. The second-order valence-electron chi connectivity index (χ2n) is 8.81. The molecule has 0 bridgehead atoms. The number of aromatic nitrogens is 3. The Balaban J connectivity index is 1.65. The van der Waals surface area contributed by atoms with Crippen molar-refractivity contribution in [2.24, 2.45) is 0 Å². The average molecular weight is 529 g/mol. The van der Waals surface area contributed by atoms with E-state index in [2.05, 4.69) is 49.1 Å². The molecule has 2 atom stereocenters. The zero-order valence-electron chi connectivity index (χ0n) is 21.3. The van der Waals surface area contributed by atoms with Gasteiger partial charge in [-0.1, -0.05) is 6.07 Å². The number of pyridine rings is 2. The van der Waals surface area contributed by atoms with Gasteiger partial charge in [-0.05, 0) is 73.7 Å². The molecule has 1 amide bonds. The van der Waals surface area contributed by atoms with E-state index in [0.717, 1.165) is 28.5 Å². The highest BCUT2D eigenvalue weighted by Gasteiger charge is 2.42. The standard InChI is InChI=1S/C28H28N6O3S/c1-18-9-11-23(33(18)20-7-6-13-29-16-20)27-26(21-8-4-5-14-30-21)32-28(38)34(27)19-10-12-24(37-3)22(15-19)31-25(35)17-36-2/h4-16,26-27H,17H2,1-3H3,(H,31,35)(H,32,38)/t26-,27-/m0/s1. The van der Waals surface area contributed by atoms with Gasteiger partial charge in [0.1, 0.15) is 18.4 Å². The maximum atomic E-state index is 12.3. The second-order valence-corrected chi connectivity index (χ2v) is 9.20. The molecule has 0 saturated carbocycles. The van der Waals surface area contributed by atoms with Crippen molar-refractivity contribution >= 4 is 34.6 Å². The second kappa shape index (κ2) is 11.0. The largest absolute Gasteiger partial charge is 0.495 e. The lowest BCUT2D eigenvalue weighted by molar-refractivity contribution is -0.119. The van der Waals surface area contributed by atoms with E-state index in [9.17, 15) is 4.79 Å². The number of hydrogen-bond acceptors (Lipinski definition) is 6. The van der Waals surface area contributed by atoms with Crippen LogP contribution in [0.2, 0.25) is 0 Å². The highest BCUT2D eigenvalue weighted by Crippen LogP contribution is 2.44. The Morgan fingerprint density at radius 2 is 1.95 bits per heavy atom. The average Bonchev–Trinajstić information content (AvgIpc) is 3.48. The summed E-state index contributed by atoms with van der Waals surface area (Å²) in [5, 5.41) is 6.91. The lowest BCUT2D eigenvalue weighted by atomic mass is 10.0. The van der Waals surface area contributed by atoms with Crippen LogP contribution < -0.4 is 20.3 Å². The number of aryl methyl sites for hydroxylation is 1. The summed E-state index contributed by atoms with van der Waals surface area (Å²) in [5.74, 6) is 0.248. The van der Waals surface area contributed by atoms with E-state index in [4.69, 9.17) is 21.7 Å². The topological polar surface area (TPSA) is 93.5 Å². The summed E-state index contributed by atoms with van der Waals surface area (Å²) in [6.07, 6.45) is 5.38. The Morgan fingerprint density at radius 1 is 1.08 bits per heavy atom. The number of carbonyl (C=O) groups excluding carboxylic acids is 1. The van der Waals surface area contributed by atoms with Gasteiger partial charge in [0.2, 0.25) is 5.91 Å². The summed E-state index contributed by atoms with van der Waals surface area (Å²) in [7, 11) is 3.04. The number of rotatable bonds is 8. The van der Waals surface area contributed by atoms with Crippen LogP contribution in [0.1, 0.15) is 29.2 Å². The molecule has 1 aliphatic heterocycles. The molecular weight excluding hydrogens is 500 g/mol. The van der Waals surface area contributed by atoms with Gasteiger partial charge in [-0.15, -0.1) is 0 Å². The highest BCUT2D eigenvalue weighted by atomic mass is 32.1. The van der Waals surface area contributed by atoms with Gasteiger partial charge in [0, 0.05) is 36.6 Å². The smallest absolute Gasteiger partial charge is 0.250 e. The monoisotopic (exact) mass is 528 g/mol. The van der Waals surface area contributed by atoms with Crippen molar-refractivity contribution in [1.29, 1.82) is 0 Å². The lowest BCUT2D eigenvalue weighted by Crippen LogP contribution is -2.30. The molecule has 1 fully saturated rings. The molecule has 1 saturated heterocycles. The number of hydrogen-bond donors (Lipinski definition) is 2. The third-order valence-corrected chi connectivity index (χ3v) is 6.74. The highest BCUT2D eigenvalue weighted by molar-refractivity contribution is 7.80. The van der Waals surface area contributed by atoms with Crippen LogP contribution >= 0.6 is 12.2 Å². The molecule has 4 aromatic rings. The number of thiocarbonyl (C=S) groups is 1.